The number of ketones is 1. The first-order valence-electron chi connectivity index (χ1n) is 6.67. The third-order valence-corrected chi connectivity index (χ3v) is 2.93. The minimum absolute atomic E-state index is 0.123. The number of benzene rings is 1. The van der Waals surface area contributed by atoms with Gasteiger partial charge in [0.1, 0.15) is 17.7 Å². The first-order chi connectivity index (χ1) is 9.06. The summed E-state index contributed by atoms with van der Waals surface area (Å²) in [5.41, 5.74) is -0.123. The summed E-state index contributed by atoms with van der Waals surface area (Å²) in [6.45, 7) is 4.19. The smallest absolute Gasteiger partial charge is 0.194 e. The van der Waals surface area contributed by atoms with Gasteiger partial charge in [-0.3, -0.25) is 4.79 Å². The number of unbranched alkanes of at least 4 members (excludes halogenated alkanes) is 3. The van der Waals surface area contributed by atoms with E-state index in [1.807, 2.05) is 0 Å². The van der Waals surface area contributed by atoms with Gasteiger partial charge in [0.15, 0.2) is 5.78 Å². The first kappa shape index (κ1) is 15.8. The molecule has 0 aromatic heterocycles. The van der Waals surface area contributed by atoms with Crippen LogP contribution >= 0.6 is 0 Å². The number of carbonyl (C=O) groups is 1. The molecule has 106 valence electrons. The lowest BCUT2D eigenvalue weighted by atomic mass is 10.1. The van der Waals surface area contributed by atoms with E-state index in [4.69, 9.17) is 4.74 Å². The van der Waals surface area contributed by atoms with Crippen LogP contribution < -0.4 is 0 Å². The van der Waals surface area contributed by atoms with Gasteiger partial charge in [0, 0.05) is 12.7 Å². The predicted molar refractivity (Wildman–Crippen MR) is 70.2 cm³/mol. The minimum atomic E-state index is -0.841. The van der Waals surface area contributed by atoms with Crippen molar-refractivity contribution in [2.24, 2.45) is 0 Å². The Balaban J connectivity index is 2.47. The van der Waals surface area contributed by atoms with Gasteiger partial charge in [-0.05, 0) is 25.5 Å². The number of Topliss-reactive ketones (excluding diaryl/α,β-unsaturated/α-hetero) is 1. The molecule has 0 saturated heterocycles. The van der Waals surface area contributed by atoms with Crippen LogP contribution in [0.15, 0.2) is 18.2 Å². The van der Waals surface area contributed by atoms with Gasteiger partial charge < -0.3 is 4.74 Å². The fraction of sp³-hybridized carbons (Fsp3) is 0.533. The highest BCUT2D eigenvalue weighted by atomic mass is 19.1. The Hall–Kier alpha value is -1.29. The normalized spacial score (nSPS) is 12.4. The van der Waals surface area contributed by atoms with E-state index in [0.717, 1.165) is 37.8 Å². The van der Waals surface area contributed by atoms with E-state index in [2.05, 4.69) is 6.92 Å². The second kappa shape index (κ2) is 8.00. The summed E-state index contributed by atoms with van der Waals surface area (Å²) in [7, 11) is 0. The maximum absolute atomic E-state index is 13.4. The second-order valence-corrected chi connectivity index (χ2v) is 4.56. The molecule has 19 heavy (non-hydrogen) atoms. The molecule has 0 spiro atoms. The summed E-state index contributed by atoms with van der Waals surface area (Å²) in [6.07, 6.45) is 3.51. The Labute approximate surface area is 112 Å². The third kappa shape index (κ3) is 5.07. The molecule has 4 heteroatoms. The van der Waals surface area contributed by atoms with Crippen molar-refractivity contribution in [2.45, 2.75) is 45.6 Å². The fourth-order valence-electron chi connectivity index (χ4n) is 1.77. The fourth-order valence-corrected chi connectivity index (χ4v) is 1.77. The van der Waals surface area contributed by atoms with Crippen molar-refractivity contribution in [3.63, 3.8) is 0 Å². The summed E-state index contributed by atoms with van der Waals surface area (Å²) in [5.74, 6) is -1.98. The monoisotopic (exact) mass is 270 g/mol. The summed E-state index contributed by atoms with van der Waals surface area (Å²) in [6, 6.07) is 2.94. The van der Waals surface area contributed by atoms with Gasteiger partial charge in [0.2, 0.25) is 0 Å². The zero-order valence-corrected chi connectivity index (χ0v) is 11.4. The molecule has 0 radical (unpaired) electrons. The number of ether oxygens (including phenoxy) is 1. The molecule has 1 unspecified atom stereocenters. The van der Waals surface area contributed by atoms with Crippen LogP contribution in [0.5, 0.6) is 0 Å². The molecule has 1 aromatic rings. The predicted octanol–water partition coefficient (Wildman–Crippen LogP) is 4.13. The first-order valence-corrected chi connectivity index (χ1v) is 6.67. The van der Waals surface area contributed by atoms with Crippen LogP contribution in [0.3, 0.4) is 0 Å². The van der Waals surface area contributed by atoms with Gasteiger partial charge in [-0.2, -0.15) is 0 Å². The molecule has 1 atom stereocenters. The molecule has 0 saturated carbocycles. The Bertz CT molecular complexity index is 419. The van der Waals surface area contributed by atoms with Crippen molar-refractivity contribution in [1.29, 1.82) is 0 Å². The van der Waals surface area contributed by atoms with E-state index in [-0.39, 0.29) is 5.56 Å². The van der Waals surface area contributed by atoms with Gasteiger partial charge in [-0.25, -0.2) is 8.78 Å². The second-order valence-electron chi connectivity index (χ2n) is 4.56. The average molecular weight is 270 g/mol. The number of hydrogen-bond acceptors (Lipinski definition) is 2. The number of carbonyl (C=O) groups excluding carboxylic acids is 1. The average Bonchev–Trinajstić information content (AvgIpc) is 2.37. The van der Waals surface area contributed by atoms with Crippen molar-refractivity contribution in [3.05, 3.63) is 35.4 Å². The Morgan fingerprint density at radius 2 is 2.00 bits per heavy atom. The van der Waals surface area contributed by atoms with Crippen LogP contribution in [-0.2, 0) is 4.74 Å². The molecule has 0 aliphatic rings. The van der Waals surface area contributed by atoms with Crippen molar-refractivity contribution in [2.75, 3.05) is 6.61 Å². The lowest BCUT2D eigenvalue weighted by Crippen LogP contribution is -2.22. The highest BCUT2D eigenvalue weighted by Gasteiger charge is 2.19. The topological polar surface area (TPSA) is 26.3 Å². The van der Waals surface area contributed by atoms with E-state index < -0.39 is 23.5 Å². The maximum Gasteiger partial charge on any atom is 0.194 e. The molecule has 0 aliphatic heterocycles. The van der Waals surface area contributed by atoms with Crippen LogP contribution in [0.2, 0.25) is 0 Å². The van der Waals surface area contributed by atoms with Gasteiger partial charge >= 0.3 is 0 Å². The maximum atomic E-state index is 13.4. The van der Waals surface area contributed by atoms with Crippen molar-refractivity contribution in [1.82, 2.24) is 0 Å². The summed E-state index contributed by atoms with van der Waals surface area (Å²) >= 11 is 0. The van der Waals surface area contributed by atoms with Gasteiger partial charge in [0.05, 0.1) is 5.56 Å². The summed E-state index contributed by atoms with van der Waals surface area (Å²) in [5, 5.41) is 0. The van der Waals surface area contributed by atoms with E-state index in [1.54, 1.807) is 6.92 Å². The van der Waals surface area contributed by atoms with Crippen LogP contribution in [0.25, 0.3) is 0 Å². The van der Waals surface area contributed by atoms with Gasteiger partial charge in [0.25, 0.3) is 0 Å². The molecule has 0 amide bonds. The number of halogens is 2. The van der Waals surface area contributed by atoms with Crippen molar-refractivity contribution < 1.29 is 18.3 Å². The highest BCUT2D eigenvalue weighted by Crippen LogP contribution is 2.13. The molecule has 1 rings (SSSR count). The van der Waals surface area contributed by atoms with Gasteiger partial charge in [-0.1, -0.05) is 26.2 Å². The van der Waals surface area contributed by atoms with Crippen LogP contribution in [0.1, 0.15) is 49.9 Å². The Morgan fingerprint density at radius 1 is 1.26 bits per heavy atom. The summed E-state index contributed by atoms with van der Waals surface area (Å²) in [4.78, 5) is 11.9. The highest BCUT2D eigenvalue weighted by molar-refractivity contribution is 5.99. The molecule has 0 heterocycles. The molecular formula is C15H20F2O2. The molecule has 0 fully saturated rings. The van der Waals surface area contributed by atoms with E-state index >= 15 is 0 Å². The Kier molecular flexibility index (Phi) is 6.64. The molecule has 0 aliphatic carbocycles. The van der Waals surface area contributed by atoms with Crippen LogP contribution in [-0.4, -0.2) is 18.5 Å². The number of rotatable bonds is 8. The van der Waals surface area contributed by atoms with Crippen molar-refractivity contribution in [3.8, 4) is 0 Å². The Morgan fingerprint density at radius 3 is 2.63 bits per heavy atom. The van der Waals surface area contributed by atoms with Crippen molar-refractivity contribution >= 4 is 5.78 Å². The standard InChI is InChI=1S/C15H20F2O2/c1-3-4-5-6-9-19-11(2)15(18)13-8-7-12(16)10-14(13)17/h7-8,10-11H,3-6,9H2,1-2H3. The molecule has 0 bridgehead atoms. The lowest BCUT2D eigenvalue weighted by molar-refractivity contribution is 0.0460. The van der Waals surface area contributed by atoms with E-state index in [1.165, 1.54) is 0 Å². The van der Waals surface area contributed by atoms with Gasteiger partial charge in [-0.15, -0.1) is 0 Å². The zero-order valence-electron chi connectivity index (χ0n) is 11.4. The van der Waals surface area contributed by atoms with E-state index in [9.17, 15) is 13.6 Å². The SMILES string of the molecule is CCCCCCOC(C)C(=O)c1ccc(F)cc1F. The summed E-state index contributed by atoms with van der Waals surface area (Å²) < 4.78 is 31.6. The number of hydrogen-bond donors (Lipinski definition) is 0. The zero-order chi connectivity index (χ0) is 14.3. The minimum Gasteiger partial charge on any atom is -0.370 e. The third-order valence-electron chi connectivity index (χ3n) is 2.93. The molecular weight excluding hydrogens is 250 g/mol. The van der Waals surface area contributed by atoms with Crippen LogP contribution in [0, 0.1) is 11.6 Å². The molecule has 1 aromatic carbocycles. The quantitative estimate of drug-likeness (QED) is 0.524. The largest absolute Gasteiger partial charge is 0.370 e. The van der Waals surface area contributed by atoms with Crippen LogP contribution in [0.4, 0.5) is 8.78 Å². The lowest BCUT2D eigenvalue weighted by Gasteiger charge is -2.12. The molecule has 2 nitrogen and oxygen atoms in total. The molecule has 0 N–H and O–H groups in total. The van der Waals surface area contributed by atoms with E-state index in [0.29, 0.717) is 12.7 Å².